The van der Waals surface area contributed by atoms with Gasteiger partial charge in [0, 0.05) is 32.7 Å². The molecule has 1 saturated heterocycles. The van der Waals surface area contributed by atoms with Crippen LogP contribution in [0, 0.1) is 17.8 Å². The standard InChI is InChI=1S/C26H30N2O.C2H2O4/c29-26(25(21-7-3-1-4-8-21)22-9-5-2-6-10-22)28-15-13-27(14-16-28)19-24-18-20-11-12-23(24)17-20;3-1(4)2(5)6/h1-12,20,23-25H,13-19H2;(H,3,4)(H,5,6). The molecule has 2 aromatic carbocycles. The predicted molar refractivity (Wildman–Crippen MR) is 132 cm³/mol. The van der Waals surface area contributed by atoms with Gasteiger partial charge in [0.05, 0.1) is 5.92 Å². The quantitative estimate of drug-likeness (QED) is 0.508. The molecule has 1 heterocycles. The van der Waals surface area contributed by atoms with E-state index in [4.69, 9.17) is 19.8 Å². The summed E-state index contributed by atoms with van der Waals surface area (Å²) in [6.45, 7) is 4.88. The summed E-state index contributed by atoms with van der Waals surface area (Å²) in [5.74, 6) is -1.14. The zero-order valence-electron chi connectivity index (χ0n) is 19.7. The van der Waals surface area contributed by atoms with E-state index in [0.717, 1.165) is 55.1 Å². The molecule has 3 unspecified atom stereocenters. The van der Waals surface area contributed by atoms with Crippen LogP contribution in [0.3, 0.4) is 0 Å². The van der Waals surface area contributed by atoms with Gasteiger partial charge >= 0.3 is 11.9 Å². The van der Waals surface area contributed by atoms with Crippen LogP contribution in [0.4, 0.5) is 0 Å². The molecule has 184 valence electrons. The second kappa shape index (κ2) is 11.3. The highest BCUT2D eigenvalue weighted by molar-refractivity contribution is 6.27. The number of amides is 1. The minimum absolute atomic E-state index is 0.209. The Hall–Kier alpha value is -3.45. The Labute approximate surface area is 205 Å². The Balaban J connectivity index is 0.000000431. The summed E-state index contributed by atoms with van der Waals surface area (Å²) in [6.07, 6.45) is 7.61. The molecular weight excluding hydrogens is 444 g/mol. The van der Waals surface area contributed by atoms with E-state index in [9.17, 15) is 4.79 Å². The van der Waals surface area contributed by atoms with Gasteiger partial charge in [0.15, 0.2) is 0 Å². The number of aliphatic carboxylic acids is 2. The smallest absolute Gasteiger partial charge is 0.414 e. The Kier molecular flexibility index (Phi) is 7.98. The topological polar surface area (TPSA) is 98.2 Å². The number of nitrogens with zero attached hydrogens (tertiary/aromatic N) is 2. The number of fused-ring (bicyclic) bond motifs is 2. The van der Waals surface area contributed by atoms with Gasteiger partial charge in [0.2, 0.25) is 5.91 Å². The number of hydrogen-bond donors (Lipinski definition) is 2. The molecule has 2 aliphatic carbocycles. The molecule has 5 rings (SSSR count). The Morgan fingerprint density at radius 3 is 1.74 bits per heavy atom. The number of piperazine rings is 1. The SMILES string of the molecule is O=C(C(c1ccccc1)c1ccccc1)N1CCN(CC2CC3C=CC2C3)CC1.O=C(O)C(=O)O. The minimum Gasteiger partial charge on any atom is -0.473 e. The molecule has 35 heavy (non-hydrogen) atoms. The zero-order valence-corrected chi connectivity index (χ0v) is 19.7. The number of hydrogen-bond acceptors (Lipinski definition) is 4. The highest BCUT2D eigenvalue weighted by atomic mass is 16.4. The van der Waals surface area contributed by atoms with Crippen LogP contribution < -0.4 is 0 Å². The van der Waals surface area contributed by atoms with Crippen molar-refractivity contribution in [3.63, 3.8) is 0 Å². The average molecular weight is 477 g/mol. The number of carboxylic acid groups (broad SMARTS) is 2. The minimum atomic E-state index is -1.82. The third kappa shape index (κ3) is 6.17. The number of carboxylic acids is 2. The molecule has 1 aliphatic heterocycles. The van der Waals surface area contributed by atoms with Crippen molar-refractivity contribution in [2.24, 2.45) is 17.8 Å². The first-order valence-corrected chi connectivity index (χ1v) is 12.2. The van der Waals surface area contributed by atoms with E-state index in [-0.39, 0.29) is 11.8 Å². The van der Waals surface area contributed by atoms with Crippen molar-refractivity contribution in [1.29, 1.82) is 0 Å². The number of carbonyl (C=O) groups is 3. The van der Waals surface area contributed by atoms with Crippen LogP contribution in [-0.4, -0.2) is 70.6 Å². The lowest BCUT2D eigenvalue weighted by Crippen LogP contribution is -2.51. The lowest BCUT2D eigenvalue weighted by Gasteiger charge is -2.38. The normalized spacial score (nSPS) is 23.1. The second-order valence-corrected chi connectivity index (χ2v) is 9.53. The number of allylic oxidation sites excluding steroid dienone is 2. The molecule has 0 spiro atoms. The third-order valence-electron chi connectivity index (χ3n) is 7.29. The van der Waals surface area contributed by atoms with Crippen molar-refractivity contribution in [1.82, 2.24) is 9.80 Å². The Morgan fingerprint density at radius 2 is 1.31 bits per heavy atom. The molecule has 0 radical (unpaired) electrons. The third-order valence-corrected chi connectivity index (χ3v) is 7.29. The van der Waals surface area contributed by atoms with Gasteiger partial charge in [-0.1, -0.05) is 72.8 Å². The molecule has 7 nitrogen and oxygen atoms in total. The molecular formula is C28H32N2O5. The highest BCUT2D eigenvalue weighted by Gasteiger charge is 2.37. The largest absolute Gasteiger partial charge is 0.473 e. The Morgan fingerprint density at radius 1 is 0.771 bits per heavy atom. The molecule has 0 aromatic heterocycles. The van der Waals surface area contributed by atoms with E-state index in [1.54, 1.807) is 0 Å². The average Bonchev–Trinajstić information content (AvgIpc) is 3.50. The maximum absolute atomic E-state index is 13.6. The van der Waals surface area contributed by atoms with Crippen LogP contribution in [0.15, 0.2) is 72.8 Å². The van der Waals surface area contributed by atoms with E-state index < -0.39 is 11.9 Å². The molecule has 1 amide bonds. The van der Waals surface area contributed by atoms with E-state index in [1.807, 2.05) is 36.4 Å². The Bertz CT molecular complexity index is 996. The molecule has 7 heteroatoms. The molecule has 2 bridgehead atoms. The summed E-state index contributed by atoms with van der Waals surface area (Å²) < 4.78 is 0. The van der Waals surface area contributed by atoms with Crippen molar-refractivity contribution in [3.05, 3.63) is 83.9 Å². The zero-order chi connectivity index (χ0) is 24.8. The van der Waals surface area contributed by atoms with Crippen molar-refractivity contribution in [2.75, 3.05) is 32.7 Å². The fraction of sp³-hybridized carbons (Fsp3) is 0.393. The lowest BCUT2D eigenvalue weighted by atomic mass is 9.89. The molecule has 2 aromatic rings. The highest BCUT2D eigenvalue weighted by Crippen LogP contribution is 2.43. The first-order chi connectivity index (χ1) is 16.9. The second-order valence-electron chi connectivity index (χ2n) is 9.53. The van der Waals surface area contributed by atoms with E-state index >= 15 is 0 Å². The lowest BCUT2D eigenvalue weighted by molar-refractivity contribution is -0.159. The van der Waals surface area contributed by atoms with Crippen molar-refractivity contribution >= 4 is 17.8 Å². The van der Waals surface area contributed by atoms with Gasteiger partial charge in [-0.25, -0.2) is 9.59 Å². The van der Waals surface area contributed by atoms with Crippen molar-refractivity contribution in [3.8, 4) is 0 Å². The van der Waals surface area contributed by atoms with Crippen LogP contribution in [0.2, 0.25) is 0 Å². The van der Waals surface area contributed by atoms with Crippen LogP contribution in [0.5, 0.6) is 0 Å². The summed E-state index contributed by atoms with van der Waals surface area (Å²) in [4.78, 5) is 36.4. The first kappa shape index (κ1) is 24.7. The number of carbonyl (C=O) groups excluding carboxylic acids is 1. The van der Waals surface area contributed by atoms with E-state index in [2.05, 4.69) is 46.2 Å². The fourth-order valence-electron chi connectivity index (χ4n) is 5.54. The monoisotopic (exact) mass is 476 g/mol. The molecule has 2 fully saturated rings. The molecule has 3 aliphatic rings. The van der Waals surface area contributed by atoms with Crippen LogP contribution in [0.1, 0.15) is 29.9 Å². The molecule has 1 saturated carbocycles. The van der Waals surface area contributed by atoms with E-state index in [0.29, 0.717) is 0 Å². The van der Waals surface area contributed by atoms with Gasteiger partial charge in [0.1, 0.15) is 0 Å². The number of benzene rings is 2. The van der Waals surface area contributed by atoms with Gasteiger partial charge in [-0.3, -0.25) is 9.69 Å². The van der Waals surface area contributed by atoms with E-state index in [1.165, 1.54) is 19.4 Å². The summed E-state index contributed by atoms with van der Waals surface area (Å²) >= 11 is 0. The van der Waals surface area contributed by atoms with Gasteiger partial charge in [-0.2, -0.15) is 0 Å². The summed E-state index contributed by atoms with van der Waals surface area (Å²) in [7, 11) is 0. The maximum atomic E-state index is 13.6. The van der Waals surface area contributed by atoms with Gasteiger partial charge in [-0.05, 0) is 41.7 Å². The van der Waals surface area contributed by atoms with Gasteiger partial charge in [-0.15, -0.1) is 0 Å². The van der Waals surface area contributed by atoms with Crippen molar-refractivity contribution < 1.29 is 24.6 Å². The maximum Gasteiger partial charge on any atom is 0.414 e. The van der Waals surface area contributed by atoms with Gasteiger partial charge < -0.3 is 15.1 Å². The summed E-state index contributed by atoms with van der Waals surface area (Å²) in [5, 5.41) is 14.8. The summed E-state index contributed by atoms with van der Waals surface area (Å²) in [6, 6.07) is 20.5. The predicted octanol–water partition coefficient (Wildman–Crippen LogP) is 3.33. The van der Waals surface area contributed by atoms with Crippen LogP contribution >= 0.6 is 0 Å². The fourth-order valence-corrected chi connectivity index (χ4v) is 5.54. The number of rotatable bonds is 5. The summed E-state index contributed by atoms with van der Waals surface area (Å²) in [5.41, 5.74) is 2.17. The van der Waals surface area contributed by atoms with Crippen LogP contribution in [-0.2, 0) is 14.4 Å². The molecule has 2 N–H and O–H groups in total. The first-order valence-electron chi connectivity index (χ1n) is 12.2. The van der Waals surface area contributed by atoms with Gasteiger partial charge in [0.25, 0.3) is 0 Å². The van der Waals surface area contributed by atoms with Crippen LogP contribution in [0.25, 0.3) is 0 Å². The molecule has 3 atom stereocenters. The van der Waals surface area contributed by atoms with Crippen molar-refractivity contribution in [2.45, 2.75) is 18.8 Å².